The van der Waals surface area contributed by atoms with Gasteiger partial charge in [-0.15, -0.1) is 0 Å². The molecule has 150 valence electrons. The summed E-state index contributed by atoms with van der Waals surface area (Å²) in [6.45, 7) is 5.94. The van der Waals surface area contributed by atoms with Crippen LogP contribution in [0.3, 0.4) is 0 Å². The summed E-state index contributed by atoms with van der Waals surface area (Å²) in [5, 5.41) is 4.96. The summed E-state index contributed by atoms with van der Waals surface area (Å²) in [4.78, 5) is 23.6. The molecule has 2 amide bonds. The lowest BCUT2D eigenvalue weighted by molar-refractivity contribution is -0.115. The Kier molecular flexibility index (Phi) is 7.12. The van der Waals surface area contributed by atoms with Gasteiger partial charge in [0.2, 0.25) is 15.9 Å². The number of rotatable bonds is 5. The van der Waals surface area contributed by atoms with Crippen LogP contribution >= 0.6 is 11.8 Å². The third kappa shape index (κ3) is 6.71. The van der Waals surface area contributed by atoms with Gasteiger partial charge in [-0.05, 0) is 45.0 Å². The Morgan fingerprint density at radius 2 is 1.74 bits per heavy atom. The summed E-state index contributed by atoms with van der Waals surface area (Å²) < 4.78 is 31.7. The number of hydrogen-bond donors (Lipinski definition) is 2. The van der Waals surface area contributed by atoms with Gasteiger partial charge in [0.1, 0.15) is 12.1 Å². The van der Waals surface area contributed by atoms with Crippen LogP contribution in [0.5, 0.6) is 0 Å². The van der Waals surface area contributed by atoms with E-state index in [4.69, 9.17) is 4.74 Å². The van der Waals surface area contributed by atoms with Crippen molar-refractivity contribution in [2.45, 2.75) is 31.3 Å². The van der Waals surface area contributed by atoms with E-state index < -0.39 is 27.6 Å². The smallest absolute Gasteiger partial charge is 0.408 e. The third-order valence-corrected chi connectivity index (χ3v) is 6.39. The normalized spacial score (nSPS) is 15.8. The first-order chi connectivity index (χ1) is 12.6. The van der Waals surface area contributed by atoms with E-state index in [0.29, 0.717) is 18.8 Å². The fourth-order valence-electron chi connectivity index (χ4n) is 2.32. The summed E-state index contributed by atoms with van der Waals surface area (Å²) in [7, 11) is -3.51. The van der Waals surface area contributed by atoms with Crippen LogP contribution in [-0.2, 0) is 19.6 Å². The number of alkyl carbamates (subject to hydrolysis) is 1. The standard InChI is InChI=1S/C17H25N3O5S2/c1-17(2,3)25-16(22)18-12-15(21)19-13-4-6-14(7-5-13)27(23,24)20-8-10-26-11-9-20/h4-7H,8-12H2,1-3H3,(H,18,22)(H,19,21). The fraction of sp³-hybridized carbons (Fsp3) is 0.529. The minimum absolute atomic E-state index is 0.194. The van der Waals surface area contributed by atoms with E-state index in [1.165, 1.54) is 28.6 Å². The molecule has 2 rings (SSSR count). The van der Waals surface area contributed by atoms with Gasteiger partial charge in [0, 0.05) is 30.3 Å². The highest BCUT2D eigenvalue weighted by atomic mass is 32.2. The van der Waals surface area contributed by atoms with Gasteiger partial charge >= 0.3 is 6.09 Å². The number of hydrogen-bond acceptors (Lipinski definition) is 6. The Bertz CT molecular complexity index is 767. The number of ether oxygens (including phenoxy) is 1. The summed E-state index contributed by atoms with van der Waals surface area (Å²) in [6, 6.07) is 5.98. The number of nitrogens with zero attached hydrogens (tertiary/aromatic N) is 1. The summed E-state index contributed by atoms with van der Waals surface area (Å²) >= 11 is 1.74. The molecule has 0 aliphatic carbocycles. The molecule has 0 atom stereocenters. The number of benzene rings is 1. The van der Waals surface area contributed by atoms with E-state index in [-0.39, 0.29) is 11.4 Å². The first-order valence-electron chi connectivity index (χ1n) is 8.52. The SMILES string of the molecule is CC(C)(C)OC(=O)NCC(=O)Nc1ccc(S(=O)(=O)N2CCSCC2)cc1. The second-order valence-electron chi connectivity index (χ2n) is 6.94. The molecule has 0 aromatic heterocycles. The van der Waals surface area contributed by atoms with Gasteiger partial charge < -0.3 is 15.4 Å². The van der Waals surface area contributed by atoms with Gasteiger partial charge in [-0.1, -0.05) is 0 Å². The Morgan fingerprint density at radius 3 is 2.30 bits per heavy atom. The lowest BCUT2D eigenvalue weighted by Gasteiger charge is -2.25. The zero-order chi connectivity index (χ0) is 20.1. The van der Waals surface area contributed by atoms with Crippen molar-refractivity contribution < 1.29 is 22.7 Å². The fourth-order valence-corrected chi connectivity index (χ4v) is 4.89. The summed E-state index contributed by atoms with van der Waals surface area (Å²) in [5.74, 6) is 1.14. The van der Waals surface area contributed by atoms with E-state index in [2.05, 4.69) is 10.6 Å². The molecule has 1 aromatic rings. The van der Waals surface area contributed by atoms with Crippen molar-refractivity contribution in [3.05, 3.63) is 24.3 Å². The molecule has 1 fully saturated rings. The maximum absolute atomic E-state index is 12.6. The number of sulfonamides is 1. The molecular formula is C17H25N3O5S2. The van der Waals surface area contributed by atoms with Gasteiger partial charge in [0.15, 0.2) is 0 Å². The zero-order valence-electron chi connectivity index (χ0n) is 15.6. The first kappa shape index (κ1) is 21.5. The maximum Gasteiger partial charge on any atom is 0.408 e. The minimum atomic E-state index is -3.51. The van der Waals surface area contributed by atoms with E-state index in [1.807, 2.05) is 0 Å². The van der Waals surface area contributed by atoms with Gasteiger partial charge in [-0.25, -0.2) is 13.2 Å². The molecular weight excluding hydrogens is 390 g/mol. The predicted octanol–water partition coefficient (Wildman–Crippen LogP) is 1.89. The van der Waals surface area contributed by atoms with E-state index >= 15 is 0 Å². The van der Waals surface area contributed by atoms with E-state index in [9.17, 15) is 18.0 Å². The second-order valence-corrected chi connectivity index (χ2v) is 10.1. The van der Waals surface area contributed by atoms with Crippen molar-refractivity contribution in [1.29, 1.82) is 0 Å². The molecule has 0 bridgehead atoms. The molecule has 1 aliphatic rings. The summed E-state index contributed by atoms with van der Waals surface area (Å²) in [5.41, 5.74) is -0.200. The molecule has 1 saturated heterocycles. The molecule has 0 spiro atoms. The monoisotopic (exact) mass is 415 g/mol. The van der Waals surface area contributed by atoms with Crippen molar-refractivity contribution in [2.75, 3.05) is 36.5 Å². The molecule has 1 heterocycles. The quantitative estimate of drug-likeness (QED) is 0.761. The van der Waals surface area contributed by atoms with Crippen LogP contribution in [0.15, 0.2) is 29.2 Å². The van der Waals surface area contributed by atoms with E-state index in [0.717, 1.165) is 11.5 Å². The van der Waals surface area contributed by atoms with Gasteiger partial charge in [-0.3, -0.25) is 4.79 Å². The van der Waals surface area contributed by atoms with Crippen LogP contribution in [0.2, 0.25) is 0 Å². The highest BCUT2D eigenvalue weighted by molar-refractivity contribution is 7.99. The van der Waals surface area contributed by atoms with Gasteiger partial charge in [0.05, 0.1) is 4.90 Å². The largest absolute Gasteiger partial charge is 0.444 e. The molecule has 0 saturated carbocycles. The van der Waals surface area contributed by atoms with Crippen molar-refractivity contribution >= 4 is 39.5 Å². The van der Waals surface area contributed by atoms with Crippen LogP contribution in [0.1, 0.15) is 20.8 Å². The van der Waals surface area contributed by atoms with Crippen LogP contribution in [0.25, 0.3) is 0 Å². The highest BCUT2D eigenvalue weighted by Gasteiger charge is 2.26. The Labute approximate surface area is 164 Å². The molecule has 10 heteroatoms. The maximum atomic E-state index is 12.6. The van der Waals surface area contributed by atoms with Crippen molar-refractivity contribution in [3.8, 4) is 0 Å². The number of carbonyl (C=O) groups is 2. The molecule has 1 aliphatic heterocycles. The topological polar surface area (TPSA) is 105 Å². The number of amides is 2. The van der Waals surface area contributed by atoms with Crippen LogP contribution in [0, 0.1) is 0 Å². The third-order valence-electron chi connectivity index (χ3n) is 3.54. The number of anilines is 1. The van der Waals surface area contributed by atoms with Crippen molar-refractivity contribution in [2.24, 2.45) is 0 Å². The number of nitrogens with one attached hydrogen (secondary N) is 2. The van der Waals surface area contributed by atoms with Crippen LogP contribution in [-0.4, -0.2) is 61.5 Å². The highest BCUT2D eigenvalue weighted by Crippen LogP contribution is 2.21. The molecule has 27 heavy (non-hydrogen) atoms. The zero-order valence-corrected chi connectivity index (χ0v) is 17.3. The minimum Gasteiger partial charge on any atom is -0.444 e. The first-order valence-corrected chi connectivity index (χ1v) is 11.1. The molecule has 0 radical (unpaired) electrons. The lowest BCUT2D eigenvalue weighted by Crippen LogP contribution is -2.38. The molecule has 8 nitrogen and oxygen atoms in total. The molecule has 0 unspecified atom stereocenters. The Morgan fingerprint density at radius 1 is 1.15 bits per heavy atom. The average Bonchev–Trinajstić information content (AvgIpc) is 2.60. The average molecular weight is 416 g/mol. The Balaban J connectivity index is 1.89. The predicted molar refractivity (Wildman–Crippen MR) is 105 cm³/mol. The van der Waals surface area contributed by atoms with Crippen LogP contribution in [0.4, 0.5) is 10.5 Å². The second kappa shape index (κ2) is 8.94. The molecule has 2 N–H and O–H groups in total. The Hall–Kier alpha value is -1.78. The number of carbonyl (C=O) groups excluding carboxylic acids is 2. The van der Waals surface area contributed by atoms with Crippen molar-refractivity contribution in [1.82, 2.24) is 9.62 Å². The van der Waals surface area contributed by atoms with E-state index in [1.54, 1.807) is 32.5 Å². The van der Waals surface area contributed by atoms with Gasteiger partial charge in [0.25, 0.3) is 0 Å². The van der Waals surface area contributed by atoms with Gasteiger partial charge in [-0.2, -0.15) is 16.1 Å². The molecule has 1 aromatic carbocycles. The van der Waals surface area contributed by atoms with Crippen LogP contribution < -0.4 is 10.6 Å². The lowest BCUT2D eigenvalue weighted by atomic mass is 10.2. The number of thioether (sulfide) groups is 1. The van der Waals surface area contributed by atoms with Crippen molar-refractivity contribution in [3.63, 3.8) is 0 Å². The summed E-state index contributed by atoms with van der Waals surface area (Å²) in [6.07, 6.45) is -0.682.